The van der Waals surface area contributed by atoms with Gasteiger partial charge in [0.2, 0.25) is 0 Å². The van der Waals surface area contributed by atoms with E-state index in [-0.39, 0.29) is 5.75 Å². The van der Waals surface area contributed by atoms with Crippen molar-refractivity contribution >= 4 is 0 Å². The molecule has 0 aromatic heterocycles. The fraction of sp³-hybridized carbons (Fsp3) is 0.400. The third-order valence-electron chi connectivity index (χ3n) is 4.56. The summed E-state index contributed by atoms with van der Waals surface area (Å²) >= 11 is 0. The minimum atomic E-state index is 0.267. The summed E-state index contributed by atoms with van der Waals surface area (Å²) < 4.78 is 5.79. The molecule has 0 saturated heterocycles. The molecule has 3 rings (SSSR count). The molecule has 1 fully saturated rings. The minimum absolute atomic E-state index is 0.267. The lowest BCUT2D eigenvalue weighted by atomic mass is 9.79. The standard InChI is InChI=1S/C20H25NO2/c1-21-13-4-6-17(15-21)20-7-3-2-5-16(20)12-14-23-19-10-8-18(22)9-11-19/h4,6,8-12,15,20,22H,2-3,5,7,13-14H2,1H3. The average molecular weight is 311 g/mol. The van der Waals surface area contributed by atoms with Crippen LogP contribution in [0.5, 0.6) is 11.5 Å². The van der Waals surface area contributed by atoms with Crippen LogP contribution in [-0.4, -0.2) is 30.2 Å². The largest absolute Gasteiger partial charge is 0.508 e. The molecule has 0 bridgehead atoms. The third-order valence-corrected chi connectivity index (χ3v) is 4.56. The molecule has 3 heteroatoms. The van der Waals surface area contributed by atoms with E-state index in [2.05, 4.69) is 36.4 Å². The van der Waals surface area contributed by atoms with E-state index in [1.807, 2.05) is 0 Å². The maximum absolute atomic E-state index is 9.30. The van der Waals surface area contributed by atoms with Crippen LogP contribution < -0.4 is 4.74 Å². The summed E-state index contributed by atoms with van der Waals surface area (Å²) in [5.74, 6) is 1.60. The normalized spacial score (nSPS) is 23.0. The molecular formula is C20H25NO2. The number of benzene rings is 1. The van der Waals surface area contributed by atoms with Crippen molar-refractivity contribution in [2.24, 2.45) is 5.92 Å². The van der Waals surface area contributed by atoms with Crippen molar-refractivity contribution in [2.45, 2.75) is 25.7 Å². The number of rotatable bonds is 4. The first-order valence-corrected chi connectivity index (χ1v) is 8.41. The van der Waals surface area contributed by atoms with Crippen LogP contribution in [0.25, 0.3) is 0 Å². The van der Waals surface area contributed by atoms with E-state index in [1.54, 1.807) is 24.3 Å². The summed E-state index contributed by atoms with van der Waals surface area (Å²) in [5, 5.41) is 9.30. The highest BCUT2D eigenvalue weighted by molar-refractivity contribution is 5.33. The van der Waals surface area contributed by atoms with Crippen LogP contribution in [0.2, 0.25) is 0 Å². The Labute approximate surface area is 138 Å². The lowest BCUT2D eigenvalue weighted by Gasteiger charge is -2.29. The molecule has 1 saturated carbocycles. The van der Waals surface area contributed by atoms with Crippen LogP contribution in [-0.2, 0) is 0 Å². The van der Waals surface area contributed by atoms with Gasteiger partial charge in [0.1, 0.15) is 18.1 Å². The van der Waals surface area contributed by atoms with E-state index in [0.717, 1.165) is 12.3 Å². The lowest BCUT2D eigenvalue weighted by Crippen LogP contribution is -2.20. The maximum Gasteiger partial charge on any atom is 0.120 e. The zero-order valence-electron chi connectivity index (χ0n) is 13.7. The van der Waals surface area contributed by atoms with Crippen molar-refractivity contribution in [3.63, 3.8) is 0 Å². The SMILES string of the molecule is CN1C=C(C2CCCCC2=CCOc2ccc(O)cc2)C=CC1. The Morgan fingerprint density at radius 3 is 2.87 bits per heavy atom. The second-order valence-corrected chi connectivity index (χ2v) is 6.35. The van der Waals surface area contributed by atoms with Crippen LogP contribution >= 0.6 is 0 Å². The Balaban J connectivity index is 1.66. The third kappa shape index (κ3) is 4.19. The van der Waals surface area contributed by atoms with Gasteiger partial charge in [-0.1, -0.05) is 24.1 Å². The van der Waals surface area contributed by atoms with Gasteiger partial charge in [-0.25, -0.2) is 0 Å². The van der Waals surface area contributed by atoms with Gasteiger partial charge in [0.15, 0.2) is 0 Å². The molecule has 1 N–H and O–H groups in total. The molecule has 3 nitrogen and oxygen atoms in total. The van der Waals surface area contributed by atoms with Gasteiger partial charge in [-0.2, -0.15) is 0 Å². The van der Waals surface area contributed by atoms with Crippen molar-refractivity contribution in [3.05, 3.63) is 59.8 Å². The molecular weight excluding hydrogens is 286 g/mol. The zero-order valence-corrected chi connectivity index (χ0v) is 13.7. The van der Waals surface area contributed by atoms with Gasteiger partial charge in [-0.3, -0.25) is 0 Å². The fourth-order valence-corrected chi connectivity index (χ4v) is 3.36. The van der Waals surface area contributed by atoms with Crippen molar-refractivity contribution in [1.82, 2.24) is 4.90 Å². The van der Waals surface area contributed by atoms with Crippen LogP contribution in [0.4, 0.5) is 0 Å². The second kappa shape index (κ2) is 7.40. The molecule has 1 heterocycles. The van der Waals surface area contributed by atoms with Crippen LogP contribution in [0.1, 0.15) is 25.7 Å². The molecule has 0 spiro atoms. The van der Waals surface area contributed by atoms with Crippen molar-refractivity contribution in [3.8, 4) is 11.5 Å². The number of hydrogen-bond donors (Lipinski definition) is 1. The average Bonchev–Trinajstić information content (AvgIpc) is 2.57. The van der Waals surface area contributed by atoms with E-state index in [9.17, 15) is 5.11 Å². The van der Waals surface area contributed by atoms with Gasteiger partial charge in [0.05, 0.1) is 0 Å². The molecule has 1 aliphatic heterocycles. The van der Waals surface area contributed by atoms with Crippen LogP contribution in [0.3, 0.4) is 0 Å². The quantitative estimate of drug-likeness (QED) is 0.843. The number of ether oxygens (including phenoxy) is 1. The lowest BCUT2D eigenvalue weighted by molar-refractivity contribution is 0.357. The van der Waals surface area contributed by atoms with Gasteiger partial charge in [0, 0.05) is 25.7 Å². The summed E-state index contributed by atoms with van der Waals surface area (Å²) in [6, 6.07) is 6.90. The number of phenols is 1. The molecule has 0 radical (unpaired) electrons. The summed E-state index contributed by atoms with van der Waals surface area (Å²) in [7, 11) is 2.13. The van der Waals surface area contributed by atoms with Crippen molar-refractivity contribution in [1.29, 1.82) is 0 Å². The molecule has 122 valence electrons. The summed E-state index contributed by atoms with van der Waals surface area (Å²) in [6.45, 7) is 1.59. The number of aromatic hydroxyl groups is 1. The number of phenolic OH excluding ortho intramolecular Hbond substituents is 1. The van der Waals surface area contributed by atoms with Crippen LogP contribution in [0.15, 0.2) is 59.8 Å². The molecule has 2 aliphatic rings. The highest BCUT2D eigenvalue weighted by Crippen LogP contribution is 2.36. The highest BCUT2D eigenvalue weighted by atomic mass is 16.5. The minimum Gasteiger partial charge on any atom is -0.508 e. The Morgan fingerprint density at radius 1 is 1.26 bits per heavy atom. The first kappa shape index (κ1) is 15.7. The van der Waals surface area contributed by atoms with Crippen LogP contribution in [0, 0.1) is 5.92 Å². The van der Waals surface area contributed by atoms with Crippen molar-refractivity contribution < 1.29 is 9.84 Å². The Kier molecular flexibility index (Phi) is 5.06. The summed E-state index contributed by atoms with van der Waals surface area (Å²) in [5.41, 5.74) is 2.93. The molecule has 1 atom stereocenters. The van der Waals surface area contributed by atoms with Gasteiger partial charge in [-0.15, -0.1) is 0 Å². The number of hydrogen-bond acceptors (Lipinski definition) is 3. The van der Waals surface area contributed by atoms with E-state index >= 15 is 0 Å². The summed E-state index contributed by atoms with van der Waals surface area (Å²) in [6.07, 6.45) is 14.0. The monoisotopic (exact) mass is 311 g/mol. The highest BCUT2D eigenvalue weighted by Gasteiger charge is 2.22. The van der Waals surface area contributed by atoms with Gasteiger partial charge in [-0.05, 0) is 55.2 Å². The predicted molar refractivity (Wildman–Crippen MR) is 93.5 cm³/mol. The number of likely N-dealkylation sites (N-methyl/N-ethyl adjacent to an activating group) is 1. The summed E-state index contributed by atoms with van der Waals surface area (Å²) in [4.78, 5) is 2.24. The second-order valence-electron chi connectivity index (χ2n) is 6.35. The van der Waals surface area contributed by atoms with Gasteiger partial charge >= 0.3 is 0 Å². The molecule has 0 amide bonds. The Bertz CT molecular complexity index is 613. The Hall–Kier alpha value is -2.16. The molecule has 1 aliphatic carbocycles. The van der Waals surface area contributed by atoms with E-state index in [0.29, 0.717) is 12.5 Å². The van der Waals surface area contributed by atoms with Gasteiger partial charge < -0.3 is 14.7 Å². The maximum atomic E-state index is 9.30. The topological polar surface area (TPSA) is 32.7 Å². The fourth-order valence-electron chi connectivity index (χ4n) is 3.36. The molecule has 1 aromatic carbocycles. The molecule has 23 heavy (non-hydrogen) atoms. The van der Waals surface area contributed by atoms with E-state index in [1.165, 1.54) is 36.8 Å². The predicted octanol–water partition coefficient (Wildman–Crippen LogP) is 4.27. The van der Waals surface area contributed by atoms with Gasteiger partial charge in [0.25, 0.3) is 0 Å². The smallest absolute Gasteiger partial charge is 0.120 e. The first-order chi connectivity index (χ1) is 11.2. The Morgan fingerprint density at radius 2 is 2.09 bits per heavy atom. The van der Waals surface area contributed by atoms with Crippen molar-refractivity contribution in [2.75, 3.05) is 20.2 Å². The molecule has 1 aromatic rings. The van der Waals surface area contributed by atoms with E-state index < -0.39 is 0 Å². The molecule has 1 unspecified atom stereocenters. The number of nitrogens with zero attached hydrogens (tertiary/aromatic N) is 1. The number of allylic oxidation sites excluding steroid dienone is 3. The first-order valence-electron chi connectivity index (χ1n) is 8.41. The van der Waals surface area contributed by atoms with E-state index in [4.69, 9.17) is 4.74 Å². The zero-order chi connectivity index (χ0) is 16.1.